The smallest absolute Gasteiger partial charge is 0.120 e. The summed E-state index contributed by atoms with van der Waals surface area (Å²) in [6.07, 6.45) is 4.08. The summed E-state index contributed by atoms with van der Waals surface area (Å²) in [6, 6.07) is 40.4. The second kappa shape index (κ2) is 14.3. The van der Waals surface area contributed by atoms with Gasteiger partial charge in [-0.3, -0.25) is 9.97 Å². The van der Waals surface area contributed by atoms with Crippen LogP contribution < -0.4 is 5.19 Å². The van der Waals surface area contributed by atoms with Gasteiger partial charge in [0.25, 0.3) is 0 Å². The van der Waals surface area contributed by atoms with Crippen LogP contribution in [0.25, 0.3) is 61.3 Å². The van der Waals surface area contributed by atoms with Crippen molar-refractivity contribution in [2.75, 3.05) is 0 Å². The van der Waals surface area contributed by atoms with E-state index in [1.165, 1.54) is 0 Å². The van der Waals surface area contributed by atoms with E-state index in [2.05, 4.69) is 64.5 Å². The number of hydrogen-bond donors (Lipinski definition) is 0. The maximum atomic E-state index is 8.75. The first kappa shape index (κ1) is 32.5. The maximum absolute atomic E-state index is 8.75. The number of fused-ring (bicyclic) bond motifs is 4. The summed E-state index contributed by atoms with van der Waals surface area (Å²) in [7, 11) is -1.70. The van der Waals surface area contributed by atoms with Gasteiger partial charge < -0.3 is 14.0 Å². The molecule has 0 spiro atoms. The Balaban J connectivity index is 0.000000179. The SMILES string of the molecule is [2H]C([2H])(c1cc(-c2[c-]cccc2)ncc1[Si](C)(C)C)C(C)(C)C.[Ir].[c-]1ccc2c(oc3ccccc32)c1-c1nc2ccncc2n1-c1ccccc1. The molecule has 4 heterocycles. The Morgan fingerprint density at radius 3 is 2.34 bits per heavy atom. The molecular weight excluding hydrogens is 809 g/mol. The molecule has 0 saturated heterocycles. The molecule has 253 valence electrons. The zero-order chi connectivity index (χ0) is 36.0. The molecule has 8 aromatic rings. The third-order valence-electron chi connectivity index (χ3n) is 8.24. The van der Waals surface area contributed by atoms with Crippen molar-refractivity contribution in [3.63, 3.8) is 0 Å². The Morgan fingerprint density at radius 1 is 0.840 bits per heavy atom. The van der Waals surface area contributed by atoms with Crippen molar-refractivity contribution >= 4 is 46.2 Å². The van der Waals surface area contributed by atoms with Gasteiger partial charge in [-0.05, 0) is 46.9 Å². The van der Waals surface area contributed by atoms with Crippen LogP contribution in [0.15, 0.2) is 126 Å². The Morgan fingerprint density at radius 2 is 1.60 bits per heavy atom. The predicted molar refractivity (Wildman–Crippen MR) is 205 cm³/mol. The van der Waals surface area contributed by atoms with Crippen LogP contribution in [-0.4, -0.2) is 27.6 Å². The topological polar surface area (TPSA) is 56.7 Å². The maximum Gasteiger partial charge on any atom is 0.120 e. The Labute approximate surface area is 311 Å². The molecule has 50 heavy (non-hydrogen) atoms. The molecule has 0 aliphatic heterocycles. The fraction of sp³-hybridized carbons (Fsp3) is 0.186. The van der Waals surface area contributed by atoms with Gasteiger partial charge in [0.1, 0.15) is 5.58 Å². The van der Waals surface area contributed by atoms with E-state index < -0.39 is 19.9 Å². The number of rotatable bonds is 5. The van der Waals surface area contributed by atoms with Crippen LogP contribution in [0, 0.1) is 17.5 Å². The van der Waals surface area contributed by atoms with Crippen LogP contribution in [-0.2, 0) is 26.5 Å². The van der Waals surface area contributed by atoms with Gasteiger partial charge in [-0.1, -0.05) is 99.4 Å². The monoisotopic (exact) mass is 851 g/mol. The van der Waals surface area contributed by atoms with Gasteiger partial charge >= 0.3 is 0 Å². The summed E-state index contributed by atoms with van der Waals surface area (Å²) in [6.45, 7) is 12.6. The Hall–Kier alpha value is -4.68. The van der Waals surface area contributed by atoms with E-state index in [4.69, 9.17) is 12.1 Å². The molecule has 4 aromatic heterocycles. The van der Waals surface area contributed by atoms with E-state index in [-0.39, 0.29) is 20.1 Å². The first-order chi connectivity index (χ1) is 24.3. The van der Waals surface area contributed by atoms with Crippen molar-refractivity contribution in [1.29, 1.82) is 0 Å². The molecule has 4 aromatic carbocycles. The number of para-hydroxylation sites is 2. The minimum Gasteiger partial charge on any atom is -0.501 e. The number of pyridine rings is 2. The third kappa shape index (κ3) is 7.27. The molecule has 5 nitrogen and oxygen atoms in total. The molecule has 0 N–H and O–H groups in total. The zero-order valence-corrected chi connectivity index (χ0v) is 32.5. The van der Waals surface area contributed by atoms with Gasteiger partial charge in [-0.15, -0.1) is 54.1 Å². The average Bonchev–Trinajstić information content (AvgIpc) is 3.70. The van der Waals surface area contributed by atoms with Gasteiger partial charge in [-0.25, -0.2) is 0 Å². The molecule has 0 unspecified atom stereocenters. The van der Waals surface area contributed by atoms with Gasteiger partial charge in [-0.2, -0.15) is 0 Å². The molecule has 0 aliphatic rings. The molecule has 0 saturated carbocycles. The molecular formula is C43H40IrN4OSi-2. The summed E-state index contributed by atoms with van der Waals surface area (Å²) in [4.78, 5) is 13.8. The minimum absolute atomic E-state index is 0. The molecule has 0 atom stereocenters. The molecule has 8 rings (SSSR count). The molecule has 7 heteroatoms. The largest absolute Gasteiger partial charge is 0.501 e. The third-order valence-corrected chi connectivity index (χ3v) is 10.3. The van der Waals surface area contributed by atoms with Crippen LogP contribution in [0.5, 0.6) is 0 Å². The van der Waals surface area contributed by atoms with Crippen molar-refractivity contribution < 1.29 is 27.3 Å². The summed E-state index contributed by atoms with van der Waals surface area (Å²) < 4.78 is 25.8. The van der Waals surface area contributed by atoms with Gasteiger partial charge in [0, 0.05) is 46.3 Å². The van der Waals surface area contributed by atoms with Crippen molar-refractivity contribution in [3.8, 4) is 28.3 Å². The summed E-state index contributed by atoms with van der Waals surface area (Å²) in [5.41, 5.74) is 7.35. The fourth-order valence-electron chi connectivity index (χ4n) is 6.05. The molecule has 0 amide bonds. The summed E-state index contributed by atoms with van der Waals surface area (Å²) >= 11 is 0. The van der Waals surface area contributed by atoms with Crippen LogP contribution in [0.4, 0.5) is 0 Å². The standard InChI is InChI=1S/C24H14N3O.C19H26NSi.Ir/c1-2-7-16(8-3-1)27-21-15-25-14-13-20(21)26-24(27)19-11-6-10-18-17-9-4-5-12-22(17)28-23(18)19;1-19(2,3)13-16-12-17(15-10-8-7-9-11-15)20-14-18(16)21(4,5)6;/h1-10,12-15H;7-10,12,14H,13H2,1-6H3;/q2*-1;/i;13D2;. The summed E-state index contributed by atoms with van der Waals surface area (Å²) in [5.74, 6) is 0.791. The van der Waals surface area contributed by atoms with E-state index in [0.29, 0.717) is 0 Å². The predicted octanol–water partition coefficient (Wildman–Crippen LogP) is 10.5. The molecule has 0 aliphatic carbocycles. The number of hydrogen-bond acceptors (Lipinski definition) is 4. The van der Waals surface area contributed by atoms with Crippen molar-refractivity contribution in [2.45, 2.75) is 46.8 Å². The van der Waals surface area contributed by atoms with Crippen molar-refractivity contribution in [3.05, 3.63) is 139 Å². The van der Waals surface area contributed by atoms with E-state index in [9.17, 15) is 0 Å². The first-order valence-electron chi connectivity index (χ1n) is 17.5. The van der Waals surface area contributed by atoms with Gasteiger partial charge in [0.15, 0.2) is 0 Å². The van der Waals surface area contributed by atoms with E-state index in [0.717, 1.165) is 72.1 Å². The van der Waals surface area contributed by atoms with Crippen molar-refractivity contribution in [1.82, 2.24) is 19.5 Å². The fourth-order valence-corrected chi connectivity index (χ4v) is 7.44. The number of aromatic nitrogens is 4. The van der Waals surface area contributed by atoms with Crippen LogP contribution in [0.2, 0.25) is 19.6 Å². The molecule has 0 bridgehead atoms. The van der Waals surface area contributed by atoms with Crippen molar-refractivity contribution in [2.24, 2.45) is 5.41 Å². The van der Waals surface area contributed by atoms with Gasteiger partial charge in [0.2, 0.25) is 0 Å². The normalized spacial score (nSPS) is 12.6. The van der Waals surface area contributed by atoms with Crippen LogP contribution >= 0.6 is 0 Å². The minimum atomic E-state index is -1.70. The Bertz CT molecular complexity index is 2480. The summed E-state index contributed by atoms with van der Waals surface area (Å²) in [5, 5.41) is 3.25. The second-order valence-corrected chi connectivity index (χ2v) is 19.2. The van der Waals surface area contributed by atoms with Gasteiger partial charge in [0.05, 0.1) is 36.7 Å². The van der Waals surface area contributed by atoms with Crippen LogP contribution in [0.3, 0.4) is 0 Å². The number of imidazole rings is 1. The number of furan rings is 1. The quantitative estimate of drug-likeness (QED) is 0.128. The van der Waals surface area contributed by atoms with Crippen LogP contribution in [0.1, 0.15) is 29.1 Å². The second-order valence-electron chi connectivity index (χ2n) is 14.2. The molecule has 0 fully saturated rings. The zero-order valence-electron chi connectivity index (χ0n) is 31.1. The first-order valence-corrected chi connectivity index (χ1v) is 20.0. The Kier molecular flexibility index (Phi) is 9.28. The van der Waals surface area contributed by atoms with E-state index in [1.54, 1.807) is 6.20 Å². The number of benzene rings is 4. The number of nitrogens with zero attached hydrogens (tertiary/aromatic N) is 4. The van der Waals surface area contributed by atoms with E-state index in [1.807, 2.05) is 118 Å². The molecule has 1 radical (unpaired) electrons. The van der Waals surface area contributed by atoms with E-state index >= 15 is 0 Å². The average molecular weight is 851 g/mol.